The zero-order chi connectivity index (χ0) is 25.5. The molecule has 0 N–H and O–H groups in total. The van der Waals surface area contributed by atoms with Gasteiger partial charge < -0.3 is 4.90 Å². The van der Waals surface area contributed by atoms with E-state index in [2.05, 4.69) is 0 Å². The van der Waals surface area contributed by atoms with Gasteiger partial charge in [-0.1, -0.05) is 23.8 Å². The van der Waals surface area contributed by atoms with Gasteiger partial charge in [0, 0.05) is 31.9 Å². The quantitative estimate of drug-likeness (QED) is 0.589. The second-order valence-electron chi connectivity index (χ2n) is 9.12. The topological polar surface area (TPSA) is 98.3 Å². The Morgan fingerprint density at radius 1 is 0.914 bits per heavy atom. The molecule has 35 heavy (non-hydrogen) atoms. The van der Waals surface area contributed by atoms with E-state index in [9.17, 15) is 22.8 Å². The lowest BCUT2D eigenvalue weighted by Gasteiger charge is -2.34. The van der Waals surface area contributed by atoms with Gasteiger partial charge in [0.05, 0.1) is 4.90 Å². The summed E-state index contributed by atoms with van der Waals surface area (Å²) in [5.41, 5.74) is 3.54. The molecule has 0 saturated carbocycles. The van der Waals surface area contributed by atoms with Crippen molar-refractivity contribution in [2.24, 2.45) is 0 Å². The van der Waals surface area contributed by atoms with Crippen LogP contribution >= 0.6 is 0 Å². The van der Waals surface area contributed by atoms with Crippen molar-refractivity contribution in [3.63, 3.8) is 0 Å². The predicted octanol–water partition coefficient (Wildman–Crippen LogP) is 2.30. The van der Waals surface area contributed by atoms with Crippen LogP contribution in [0.1, 0.15) is 23.6 Å². The molecule has 2 heterocycles. The molecule has 2 aliphatic heterocycles. The Balaban J connectivity index is 1.40. The highest BCUT2D eigenvalue weighted by Gasteiger charge is 2.44. The lowest BCUT2D eigenvalue weighted by atomic mass is 10.1. The first-order valence-corrected chi connectivity index (χ1v) is 13.0. The van der Waals surface area contributed by atoms with Crippen molar-refractivity contribution in [3.05, 3.63) is 59.2 Å². The molecule has 9 nitrogen and oxygen atoms in total. The van der Waals surface area contributed by atoms with Gasteiger partial charge in [-0.3, -0.25) is 19.4 Å². The SMILES string of the molecule is Cc1ccc(N2C(=O)N(CC(=O)N3CCN(S(=O)(=O)c4ccc(C)c(C)c4)CC3)C(=O)[C@H]2C)cc1. The molecule has 2 aliphatic rings. The number of benzene rings is 2. The Bertz CT molecular complexity index is 1270. The first-order chi connectivity index (χ1) is 16.5. The fourth-order valence-corrected chi connectivity index (χ4v) is 5.86. The minimum absolute atomic E-state index is 0.148. The van der Waals surface area contributed by atoms with E-state index in [1.54, 1.807) is 37.3 Å². The van der Waals surface area contributed by atoms with Crippen LogP contribution in [0.3, 0.4) is 0 Å². The summed E-state index contributed by atoms with van der Waals surface area (Å²) in [5.74, 6) is -0.812. The average molecular weight is 499 g/mol. The van der Waals surface area contributed by atoms with Gasteiger partial charge in [-0.05, 0) is 63.1 Å². The number of anilines is 1. The van der Waals surface area contributed by atoms with E-state index in [1.165, 1.54) is 14.1 Å². The highest BCUT2D eigenvalue weighted by Crippen LogP contribution is 2.26. The molecule has 0 aliphatic carbocycles. The van der Waals surface area contributed by atoms with Crippen molar-refractivity contribution in [2.45, 2.75) is 38.6 Å². The van der Waals surface area contributed by atoms with Crippen LogP contribution in [0.2, 0.25) is 0 Å². The summed E-state index contributed by atoms with van der Waals surface area (Å²) in [6.07, 6.45) is 0. The first-order valence-electron chi connectivity index (χ1n) is 11.6. The second-order valence-corrected chi connectivity index (χ2v) is 11.1. The molecule has 10 heteroatoms. The lowest BCUT2D eigenvalue weighted by Crippen LogP contribution is -2.53. The van der Waals surface area contributed by atoms with Gasteiger partial charge in [0.25, 0.3) is 5.91 Å². The first kappa shape index (κ1) is 24.9. The van der Waals surface area contributed by atoms with Crippen LogP contribution in [0, 0.1) is 20.8 Å². The molecule has 0 radical (unpaired) electrons. The zero-order valence-corrected chi connectivity index (χ0v) is 21.2. The van der Waals surface area contributed by atoms with E-state index in [1.807, 2.05) is 32.9 Å². The number of carbonyl (C=O) groups excluding carboxylic acids is 3. The highest BCUT2D eigenvalue weighted by molar-refractivity contribution is 7.89. The molecule has 2 saturated heterocycles. The van der Waals surface area contributed by atoms with E-state index in [0.717, 1.165) is 21.6 Å². The maximum atomic E-state index is 13.0. The van der Waals surface area contributed by atoms with Gasteiger partial charge in [0.15, 0.2) is 0 Å². The summed E-state index contributed by atoms with van der Waals surface area (Å²) in [6, 6.07) is 11.1. The minimum atomic E-state index is -3.67. The van der Waals surface area contributed by atoms with Gasteiger partial charge in [-0.25, -0.2) is 13.2 Å². The van der Waals surface area contributed by atoms with Crippen LogP contribution in [-0.4, -0.2) is 79.1 Å². The number of sulfonamides is 1. The number of nitrogens with zero attached hydrogens (tertiary/aromatic N) is 4. The summed E-state index contributed by atoms with van der Waals surface area (Å²) in [5, 5.41) is 0. The van der Waals surface area contributed by atoms with Crippen molar-refractivity contribution in [1.82, 2.24) is 14.1 Å². The average Bonchev–Trinajstić information content (AvgIpc) is 3.04. The van der Waals surface area contributed by atoms with Gasteiger partial charge in [-0.2, -0.15) is 4.31 Å². The molecular weight excluding hydrogens is 468 g/mol. The predicted molar refractivity (Wildman–Crippen MR) is 131 cm³/mol. The van der Waals surface area contributed by atoms with Crippen LogP contribution < -0.4 is 4.90 Å². The Kier molecular flexibility index (Phi) is 6.70. The van der Waals surface area contributed by atoms with Gasteiger partial charge >= 0.3 is 6.03 Å². The van der Waals surface area contributed by atoms with E-state index in [4.69, 9.17) is 0 Å². The molecule has 0 spiro atoms. The number of carbonyl (C=O) groups is 3. The van der Waals surface area contributed by atoms with E-state index in [-0.39, 0.29) is 43.5 Å². The summed E-state index contributed by atoms with van der Waals surface area (Å²) in [6.45, 7) is 7.67. The molecule has 0 unspecified atom stereocenters. The Labute approximate surface area is 206 Å². The number of rotatable bonds is 5. The smallest absolute Gasteiger partial charge is 0.332 e. The number of imide groups is 1. The van der Waals surface area contributed by atoms with Gasteiger partial charge in [0.1, 0.15) is 12.6 Å². The van der Waals surface area contributed by atoms with Crippen LogP contribution in [0.4, 0.5) is 10.5 Å². The third-order valence-electron chi connectivity index (χ3n) is 6.76. The number of piperazine rings is 1. The van der Waals surface area contributed by atoms with Crippen molar-refractivity contribution in [3.8, 4) is 0 Å². The third-order valence-corrected chi connectivity index (χ3v) is 8.66. The molecule has 4 rings (SSSR count). The van der Waals surface area contributed by atoms with E-state index >= 15 is 0 Å². The maximum Gasteiger partial charge on any atom is 0.332 e. The largest absolute Gasteiger partial charge is 0.338 e. The van der Waals surface area contributed by atoms with Crippen LogP contribution in [-0.2, 0) is 19.6 Å². The molecule has 1 atom stereocenters. The molecule has 0 bridgehead atoms. The van der Waals surface area contributed by atoms with Crippen molar-refractivity contribution in [1.29, 1.82) is 0 Å². The minimum Gasteiger partial charge on any atom is -0.338 e. The number of amides is 4. The van der Waals surface area contributed by atoms with Crippen LogP contribution in [0.15, 0.2) is 47.4 Å². The Morgan fingerprint density at radius 2 is 1.54 bits per heavy atom. The van der Waals surface area contributed by atoms with Crippen molar-refractivity contribution >= 4 is 33.6 Å². The monoisotopic (exact) mass is 498 g/mol. The van der Waals surface area contributed by atoms with E-state index in [0.29, 0.717) is 5.69 Å². The van der Waals surface area contributed by atoms with Gasteiger partial charge in [-0.15, -0.1) is 0 Å². The molecule has 2 aromatic rings. The molecular formula is C25H30N4O5S. The summed E-state index contributed by atoms with van der Waals surface area (Å²) >= 11 is 0. The third kappa shape index (κ3) is 4.68. The fourth-order valence-electron chi connectivity index (χ4n) is 4.35. The van der Waals surface area contributed by atoms with Crippen molar-refractivity contribution < 1.29 is 22.8 Å². The fraction of sp³-hybridized carbons (Fsp3) is 0.400. The number of urea groups is 1. The molecule has 0 aromatic heterocycles. The Morgan fingerprint density at radius 3 is 2.14 bits per heavy atom. The van der Waals surface area contributed by atoms with Crippen LogP contribution in [0.5, 0.6) is 0 Å². The summed E-state index contributed by atoms with van der Waals surface area (Å²) in [4.78, 5) is 42.8. The second kappa shape index (κ2) is 9.43. The van der Waals surface area contributed by atoms with E-state index < -0.39 is 28.0 Å². The van der Waals surface area contributed by atoms with Gasteiger partial charge in [0.2, 0.25) is 15.9 Å². The molecule has 186 valence electrons. The molecule has 2 aromatic carbocycles. The van der Waals surface area contributed by atoms with Crippen LogP contribution in [0.25, 0.3) is 0 Å². The summed E-state index contributed by atoms with van der Waals surface area (Å²) in [7, 11) is -3.67. The standard InChI is InChI=1S/C25H30N4O5S/c1-17-5-8-21(9-6-17)29-20(4)24(31)28(25(29)32)16-23(30)26-11-13-27(14-12-26)35(33,34)22-10-7-18(2)19(3)15-22/h5-10,15,20H,11-14,16H2,1-4H3/t20-/m1/s1. The number of aryl methyl sites for hydroxylation is 3. The maximum absolute atomic E-state index is 13.0. The molecule has 2 fully saturated rings. The Hall–Kier alpha value is -3.24. The zero-order valence-electron chi connectivity index (χ0n) is 20.4. The highest BCUT2D eigenvalue weighted by atomic mass is 32.2. The number of hydrogen-bond acceptors (Lipinski definition) is 5. The number of hydrogen-bond donors (Lipinski definition) is 0. The normalized spacial score (nSPS) is 19.5. The lowest BCUT2D eigenvalue weighted by molar-refractivity contribution is -0.137. The summed E-state index contributed by atoms with van der Waals surface area (Å²) < 4.78 is 27.4. The van der Waals surface area contributed by atoms with Crippen molar-refractivity contribution in [2.75, 3.05) is 37.6 Å². The molecule has 4 amide bonds.